The number of aliphatic carboxylic acids is 1. The number of amides is 1. The first-order valence-electron chi connectivity index (χ1n) is 5.71. The number of carboxylic acid groups (broad SMARTS) is 1. The monoisotopic (exact) mass is 288 g/mol. The molecule has 0 saturated carbocycles. The van der Waals surface area contributed by atoms with Crippen LogP contribution in [-0.2, 0) is 9.53 Å². The van der Waals surface area contributed by atoms with Crippen molar-refractivity contribution in [2.24, 2.45) is 5.11 Å². The third-order valence-corrected chi connectivity index (χ3v) is 2.16. The largest absolute Gasteiger partial charge is 0.478 e. The molecule has 1 amide bonds. The van der Waals surface area contributed by atoms with Crippen LogP contribution >= 0.6 is 0 Å². The van der Waals surface area contributed by atoms with Crippen molar-refractivity contribution in [3.63, 3.8) is 0 Å². The molecule has 108 valence electrons. The van der Waals surface area contributed by atoms with Gasteiger partial charge in [0, 0.05) is 10.6 Å². The van der Waals surface area contributed by atoms with E-state index in [0.29, 0.717) is 11.3 Å². The van der Waals surface area contributed by atoms with Crippen LogP contribution in [0.5, 0.6) is 0 Å². The highest BCUT2D eigenvalue weighted by molar-refractivity contribution is 5.92. The van der Waals surface area contributed by atoms with E-state index in [4.69, 9.17) is 15.4 Å². The van der Waals surface area contributed by atoms with Gasteiger partial charge in [0.25, 0.3) is 0 Å². The summed E-state index contributed by atoms with van der Waals surface area (Å²) in [6, 6.07) is 6.21. The first kappa shape index (κ1) is 15.8. The van der Waals surface area contributed by atoms with E-state index in [-0.39, 0.29) is 6.61 Å². The number of azide groups is 1. The van der Waals surface area contributed by atoms with Gasteiger partial charge in [0.1, 0.15) is 12.3 Å². The van der Waals surface area contributed by atoms with Crippen LogP contribution in [0.2, 0.25) is 0 Å². The van der Waals surface area contributed by atoms with Gasteiger partial charge in [0.05, 0.1) is 0 Å². The SMILES string of the molecule is C=CCOC(=O)Nc1ccc(/C=C(/N=[N+]=[N-])C(=O)O)cc1. The van der Waals surface area contributed by atoms with Crippen LogP contribution in [0.25, 0.3) is 16.5 Å². The van der Waals surface area contributed by atoms with Gasteiger partial charge in [-0.1, -0.05) is 29.9 Å². The number of benzene rings is 1. The lowest BCUT2D eigenvalue weighted by atomic mass is 10.2. The van der Waals surface area contributed by atoms with Crippen LogP contribution < -0.4 is 5.32 Å². The molecule has 0 aliphatic rings. The molecule has 0 unspecified atom stereocenters. The summed E-state index contributed by atoms with van der Waals surface area (Å²) in [6.45, 7) is 3.51. The molecule has 0 spiro atoms. The first-order valence-corrected chi connectivity index (χ1v) is 5.71. The van der Waals surface area contributed by atoms with Crippen molar-refractivity contribution in [2.45, 2.75) is 0 Å². The van der Waals surface area contributed by atoms with Crippen LogP contribution in [0.15, 0.2) is 47.7 Å². The van der Waals surface area contributed by atoms with Crippen LogP contribution in [0, 0.1) is 0 Å². The first-order chi connectivity index (χ1) is 10.1. The Labute approximate surface area is 120 Å². The maximum Gasteiger partial charge on any atom is 0.411 e. The molecule has 2 N–H and O–H groups in total. The Kier molecular flexibility index (Phi) is 6.04. The van der Waals surface area contributed by atoms with E-state index in [1.165, 1.54) is 12.2 Å². The van der Waals surface area contributed by atoms with Crippen LogP contribution in [0.4, 0.5) is 10.5 Å². The lowest BCUT2D eigenvalue weighted by Gasteiger charge is -2.05. The smallest absolute Gasteiger partial charge is 0.411 e. The molecular formula is C13H12N4O4. The summed E-state index contributed by atoms with van der Waals surface area (Å²) in [5.41, 5.74) is 8.81. The van der Waals surface area contributed by atoms with Crippen LogP contribution in [0.3, 0.4) is 0 Å². The summed E-state index contributed by atoms with van der Waals surface area (Å²) < 4.78 is 4.74. The van der Waals surface area contributed by atoms with Gasteiger partial charge in [-0.25, -0.2) is 9.59 Å². The maximum atomic E-state index is 11.3. The zero-order chi connectivity index (χ0) is 15.7. The Hall–Kier alpha value is -3.25. The summed E-state index contributed by atoms with van der Waals surface area (Å²) in [4.78, 5) is 24.5. The normalized spacial score (nSPS) is 10.2. The van der Waals surface area contributed by atoms with Crippen molar-refractivity contribution >= 4 is 23.8 Å². The number of carbonyl (C=O) groups excluding carboxylic acids is 1. The summed E-state index contributed by atoms with van der Waals surface area (Å²) in [5.74, 6) is -1.33. The molecule has 0 heterocycles. The van der Waals surface area contributed by atoms with Gasteiger partial charge in [0.15, 0.2) is 0 Å². The maximum absolute atomic E-state index is 11.3. The molecule has 0 radical (unpaired) electrons. The molecule has 0 aliphatic heterocycles. The van der Waals surface area contributed by atoms with E-state index < -0.39 is 17.8 Å². The molecule has 0 atom stereocenters. The zero-order valence-electron chi connectivity index (χ0n) is 10.9. The number of carboxylic acids is 1. The molecule has 21 heavy (non-hydrogen) atoms. The van der Waals surface area contributed by atoms with E-state index in [9.17, 15) is 9.59 Å². The molecule has 0 bridgehead atoms. The fourth-order valence-electron chi connectivity index (χ4n) is 1.29. The van der Waals surface area contributed by atoms with Gasteiger partial charge in [-0.05, 0) is 29.3 Å². The molecule has 1 rings (SSSR count). The number of hydrogen-bond acceptors (Lipinski definition) is 4. The van der Waals surface area contributed by atoms with Crippen molar-refractivity contribution in [2.75, 3.05) is 11.9 Å². The number of nitrogens with one attached hydrogen (secondary N) is 1. The minimum atomic E-state index is -1.33. The number of carbonyl (C=O) groups is 2. The molecule has 1 aromatic carbocycles. The summed E-state index contributed by atoms with van der Waals surface area (Å²) in [5, 5.41) is 14.4. The Balaban J connectivity index is 2.80. The summed E-state index contributed by atoms with van der Waals surface area (Å²) >= 11 is 0. The predicted octanol–water partition coefficient (Wildman–Crippen LogP) is 3.16. The Morgan fingerprint density at radius 1 is 1.43 bits per heavy atom. The second kappa shape index (κ2) is 8.03. The minimum absolute atomic E-state index is 0.0980. The number of hydrogen-bond donors (Lipinski definition) is 2. The van der Waals surface area contributed by atoms with Gasteiger partial charge in [-0.3, -0.25) is 5.32 Å². The predicted molar refractivity (Wildman–Crippen MR) is 76.4 cm³/mol. The van der Waals surface area contributed by atoms with E-state index in [2.05, 4.69) is 21.9 Å². The molecule has 0 saturated heterocycles. The topological polar surface area (TPSA) is 124 Å². The standard InChI is InChI=1S/C13H12N4O4/c1-2-7-21-13(20)15-10-5-3-9(4-6-10)8-11(12(18)19)16-17-14/h2-6,8H,1,7H2,(H,15,20)(H,18,19)/b11-8+. The third kappa shape index (κ3) is 5.50. The van der Waals surface area contributed by atoms with Gasteiger partial charge in [0.2, 0.25) is 0 Å². The number of anilines is 1. The molecular weight excluding hydrogens is 276 g/mol. The fraction of sp³-hybridized carbons (Fsp3) is 0.0769. The van der Waals surface area contributed by atoms with E-state index in [0.717, 1.165) is 0 Å². The highest BCUT2D eigenvalue weighted by Gasteiger charge is 2.05. The van der Waals surface area contributed by atoms with Gasteiger partial charge < -0.3 is 9.84 Å². The number of ether oxygens (including phenoxy) is 1. The molecule has 1 aromatic rings. The highest BCUT2D eigenvalue weighted by Crippen LogP contribution is 2.13. The second-order valence-electron chi connectivity index (χ2n) is 3.66. The van der Waals surface area contributed by atoms with Gasteiger partial charge in [-0.2, -0.15) is 0 Å². The molecule has 8 heteroatoms. The minimum Gasteiger partial charge on any atom is -0.478 e. The fourth-order valence-corrected chi connectivity index (χ4v) is 1.29. The Morgan fingerprint density at radius 3 is 2.62 bits per heavy atom. The molecule has 8 nitrogen and oxygen atoms in total. The van der Waals surface area contributed by atoms with E-state index in [1.807, 2.05) is 0 Å². The zero-order valence-corrected chi connectivity index (χ0v) is 10.9. The van der Waals surface area contributed by atoms with E-state index in [1.54, 1.807) is 24.3 Å². The summed E-state index contributed by atoms with van der Waals surface area (Å²) in [7, 11) is 0. The van der Waals surface area contributed by atoms with Gasteiger partial charge >= 0.3 is 12.1 Å². The Morgan fingerprint density at radius 2 is 2.10 bits per heavy atom. The molecule has 0 aliphatic carbocycles. The van der Waals surface area contributed by atoms with Crippen molar-refractivity contribution in [3.8, 4) is 0 Å². The average molecular weight is 288 g/mol. The Bertz CT molecular complexity index is 612. The lowest BCUT2D eigenvalue weighted by molar-refractivity contribution is -0.132. The van der Waals surface area contributed by atoms with Crippen molar-refractivity contribution in [1.82, 2.24) is 0 Å². The van der Waals surface area contributed by atoms with Crippen molar-refractivity contribution < 1.29 is 19.4 Å². The molecule has 0 fully saturated rings. The van der Waals surface area contributed by atoms with E-state index >= 15 is 0 Å². The summed E-state index contributed by atoms with van der Waals surface area (Å²) in [6.07, 6.45) is 2.02. The average Bonchev–Trinajstić information content (AvgIpc) is 2.46. The third-order valence-electron chi connectivity index (χ3n) is 2.16. The number of nitrogens with zero attached hydrogens (tertiary/aromatic N) is 3. The quantitative estimate of drug-likeness (QED) is 0.274. The number of rotatable bonds is 6. The van der Waals surface area contributed by atoms with Gasteiger partial charge in [-0.15, -0.1) is 0 Å². The van der Waals surface area contributed by atoms with Crippen LogP contribution in [0.1, 0.15) is 5.56 Å². The highest BCUT2D eigenvalue weighted by atomic mass is 16.5. The second-order valence-corrected chi connectivity index (χ2v) is 3.66. The lowest BCUT2D eigenvalue weighted by Crippen LogP contribution is -2.13. The molecule has 0 aromatic heterocycles. The van der Waals surface area contributed by atoms with Crippen LogP contribution in [-0.4, -0.2) is 23.8 Å². The van der Waals surface area contributed by atoms with Crippen molar-refractivity contribution in [1.29, 1.82) is 0 Å². The van der Waals surface area contributed by atoms with Crippen molar-refractivity contribution in [3.05, 3.63) is 58.6 Å².